The third-order valence-electron chi connectivity index (χ3n) is 4.48. The molecular formula is C26H33ClO7. The molecule has 2 aromatic carbocycles. The fraction of sp³-hybridized carbons (Fsp3) is 0.308. The standard InChI is InChI=1S/C15H16O2.2C4H6O2.C3H5ClO/c1-15(2,11-3-7-13(16)8-4-11)12-5-9-14(17)10-6-12;2*1-3(2)4(5)6;4-1-3-2-5-3/h3-10,16-17H,1-2H3;2*1H2,2H3,(H,5,6);3H,1-2H2. The Morgan fingerprint density at radius 1 is 0.882 bits per heavy atom. The summed E-state index contributed by atoms with van der Waals surface area (Å²) in [4.78, 5) is 19.2. The monoisotopic (exact) mass is 492 g/mol. The molecule has 0 bridgehead atoms. The van der Waals surface area contributed by atoms with Gasteiger partial charge in [0.15, 0.2) is 0 Å². The molecule has 1 aliphatic heterocycles. The predicted molar refractivity (Wildman–Crippen MR) is 134 cm³/mol. The maximum atomic E-state index is 9.60. The van der Waals surface area contributed by atoms with Gasteiger partial charge < -0.3 is 25.2 Å². The van der Waals surface area contributed by atoms with E-state index in [0.29, 0.717) is 12.0 Å². The molecule has 1 atom stereocenters. The lowest BCUT2D eigenvalue weighted by Crippen LogP contribution is -2.18. The van der Waals surface area contributed by atoms with Crippen molar-refractivity contribution in [3.63, 3.8) is 0 Å². The second-order valence-electron chi connectivity index (χ2n) is 8.00. The van der Waals surface area contributed by atoms with Crippen LogP contribution in [0.3, 0.4) is 0 Å². The van der Waals surface area contributed by atoms with Gasteiger partial charge in [0.05, 0.1) is 18.6 Å². The van der Waals surface area contributed by atoms with Crippen molar-refractivity contribution in [3.05, 3.63) is 84.0 Å². The topological polar surface area (TPSA) is 128 Å². The van der Waals surface area contributed by atoms with E-state index in [4.69, 9.17) is 26.6 Å². The highest BCUT2D eigenvalue weighted by Crippen LogP contribution is 2.32. The number of benzene rings is 2. The van der Waals surface area contributed by atoms with Crippen LogP contribution in [0.4, 0.5) is 0 Å². The number of hydrogen-bond acceptors (Lipinski definition) is 5. The number of phenols is 2. The first kappa shape index (κ1) is 30.7. The van der Waals surface area contributed by atoms with Crippen LogP contribution in [0.5, 0.6) is 11.5 Å². The summed E-state index contributed by atoms with van der Waals surface area (Å²) in [5.74, 6) is -0.657. The normalized spacial score (nSPS) is 13.4. The lowest BCUT2D eigenvalue weighted by atomic mass is 9.78. The number of carboxylic acids is 2. The molecule has 0 spiro atoms. The highest BCUT2D eigenvalue weighted by molar-refractivity contribution is 6.18. The Morgan fingerprint density at radius 3 is 1.29 bits per heavy atom. The van der Waals surface area contributed by atoms with E-state index in [0.717, 1.165) is 17.7 Å². The molecule has 186 valence electrons. The maximum absolute atomic E-state index is 9.60. The highest BCUT2D eigenvalue weighted by Gasteiger charge is 2.22. The minimum Gasteiger partial charge on any atom is -0.508 e. The smallest absolute Gasteiger partial charge is 0.330 e. The zero-order valence-corrected chi connectivity index (χ0v) is 20.7. The van der Waals surface area contributed by atoms with Gasteiger partial charge >= 0.3 is 11.9 Å². The summed E-state index contributed by atoms with van der Waals surface area (Å²) in [6.07, 6.45) is 0.400. The molecular weight excluding hydrogens is 460 g/mol. The number of phenolic OH excluding ortho intramolecular Hbond substituents is 2. The molecule has 1 unspecified atom stereocenters. The SMILES string of the molecule is C=C(C)C(=O)O.C=C(C)C(=O)O.CC(C)(c1ccc(O)cc1)c1ccc(O)cc1.ClCC1CO1. The van der Waals surface area contributed by atoms with E-state index in [1.807, 2.05) is 24.3 Å². The molecule has 7 nitrogen and oxygen atoms in total. The number of epoxide rings is 1. The number of ether oxygens (including phenoxy) is 1. The average molecular weight is 493 g/mol. The van der Waals surface area contributed by atoms with Gasteiger partial charge in [0, 0.05) is 16.6 Å². The number of carbonyl (C=O) groups is 2. The Labute approximate surface area is 205 Å². The van der Waals surface area contributed by atoms with Gasteiger partial charge in [-0.05, 0) is 49.2 Å². The van der Waals surface area contributed by atoms with Gasteiger partial charge in [-0.25, -0.2) is 9.59 Å². The number of hydrogen-bond donors (Lipinski definition) is 4. The van der Waals surface area contributed by atoms with Gasteiger partial charge in [-0.2, -0.15) is 0 Å². The number of halogens is 1. The van der Waals surface area contributed by atoms with Gasteiger partial charge in [-0.1, -0.05) is 51.3 Å². The van der Waals surface area contributed by atoms with Crippen molar-refractivity contribution >= 4 is 23.5 Å². The van der Waals surface area contributed by atoms with Crippen molar-refractivity contribution in [2.75, 3.05) is 12.5 Å². The second-order valence-corrected chi connectivity index (χ2v) is 8.31. The number of aliphatic carboxylic acids is 2. The van der Waals surface area contributed by atoms with Crippen LogP contribution < -0.4 is 0 Å². The van der Waals surface area contributed by atoms with Crippen molar-refractivity contribution < 1.29 is 34.8 Å². The maximum Gasteiger partial charge on any atom is 0.330 e. The zero-order valence-electron chi connectivity index (χ0n) is 19.9. The average Bonchev–Trinajstić information content (AvgIpc) is 3.60. The molecule has 8 heteroatoms. The minimum atomic E-state index is -0.935. The molecule has 1 heterocycles. The van der Waals surface area contributed by atoms with Crippen molar-refractivity contribution in [1.82, 2.24) is 0 Å². The lowest BCUT2D eigenvalue weighted by Gasteiger charge is -2.26. The van der Waals surface area contributed by atoms with Crippen molar-refractivity contribution in [1.29, 1.82) is 0 Å². The zero-order chi connectivity index (χ0) is 26.5. The molecule has 4 N–H and O–H groups in total. The molecule has 0 aliphatic carbocycles. The molecule has 1 aliphatic rings. The molecule has 0 aromatic heterocycles. The first-order valence-electron chi connectivity index (χ1n) is 10.3. The van der Waals surface area contributed by atoms with Crippen LogP contribution in [0.1, 0.15) is 38.8 Å². The van der Waals surface area contributed by atoms with E-state index in [1.165, 1.54) is 13.8 Å². The summed E-state index contributed by atoms with van der Waals surface area (Å²) in [6, 6.07) is 14.4. The summed E-state index contributed by atoms with van der Waals surface area (Å²) in [7, 11) is 0. The number of aromatic hydroxyl groups is 2. The predicted octanol–water partition coefficient (Wildman–Crippen LogP) is 5.34. The Morgan fingerprint density at radius 2 is 1.15 bits per heavy atom. The summed E-state index contributed by atoms with van der Waals surface area (Å²) >= 11 is 5.27. The molecule has 0 amide bonds. The van der Waals surface area contributed by atoms with E-state index in [-0.39, 0.29) is 28.1 Å². The van der Waals surface area contributed by atoms with Crippen molar-refractivity contribution in [3.8, 4) is 11.5 Å². The Kier molecular flexibility index (Phi) is 13.3. The van der Waals surface area contributed by atoms with E-state index >= 15 is 0 Å². The third kappa shape index (κ3) is 12.7. The second kappa shape index (κ2) is 14.8. The van der Waals surface area contributed by atoms with Gasteiger partial charge in [-0.15, -0.1) is 11.6 Å². The molecule has 34 heavy (non-hydrogen) atoms. The van der Waals surface area contributed by atoms with E-state index in [9.17, 15) is 19.8 Å². The Bertz CT molecular complexity index is 849. The van der Waals surface area contributed by atoms with Crippen LogP contribution in [0.15, 0.2) is 72.8 Å². The van der Waals surface area contributed by atoms with Gasteiger partial charge in [0.1, 0.15) is 11.5 Å². The first-order valence-corrected chi connectivity index (χ1v) is 10.8. The van der Waals surface area contributed by atoms with Crippen molar-refractivity contribution in [2.24, 2.45) is 0 Å². The summed E-state index contributed by atoms with van der Waals surface area (Å²) in [5, 5.41) is 34.4. The molecule has 1 saturated heterocycles. The van der Waals surface area contributed by atoms with Crippen LogP contribution in [0.25, 0.3) is 0 Å². The first-order chi connectivity index (χ1) is 15.7. The van der Waals surface area contributed by atoms with E-state index in [2.05, 4.69) is 27.0 Å². The molecule has 2 aromatic rings. The number of alkyl halides is 1. The van der Waals surface area contributed by atoms with Crippen LogP contribution in [-0.2, 0) is 19.7 Å². The molecule has 0 radical (unpaired) electrons. The summed E-state index contributed by atoms with van der Waals surface area (Å²) in [5.41, 5.74) is 2.45. The van der Waals surface area contributed by atoms with Crippen LogP contribution >= 0.6 is 11.6 Å². The quantitative estimate of drug-likeness (QED) is 0.252. The Balaban J connectivity index is 0.000000524. The third-order valence-corrected chi connectivity index (χ3v) is 4.83. The summed E-state index contributed by atoms with van der Waals surface area (Å²) in [6.45, 7) is 14.3. The Hall–Kier alpha value is -3.29. The van der Waals surface area contributed by atoms with Crippen molar-refractivity contribution in [2.45, 2.75) is 39.2 Å². The van der Waals surface area contributed by atoms with Gasteiger partial charge in [0.25, 0.3) is 0 Å². The van der Waals surface area contributed by atoms with Crippen LogP contribution in [-0.4, -0.2) is 51.0 Å². The largest absolute Gasteiger partial charge is 0.508 e. The highest BCUT2D eigenvalue weighted by atomic mass is 35.5. The molecule has 3 rings (SSSR count). The minimum absolute atomic E-state index is 0.151. The summed E-state index contributed by atoms with van der Waals surface area (Å²) < 4.78 is 4.73. The van der Waals surface area contributed by atoms with E-state index in [1.54, 1.807) is 24.3 Å². The lowest BCUT2D eigenvalue weighted by molar-refractivity contribution is -0.133. The van der Waals surface area contributed by atoms with Crippen LogP contribution in [0.2, 0.25) is 0 Å². The number of rotatable bonds is 5. The van der Waals surface area contributed by atoms with Crippen LogP contribution in [0, 0.1) is 0 Å². The number of carboxylic acid groups (broad SMARTS) is 2. The fourth-order valence-electron chi connectivity index (χ4n) is 2.08. The molecule has 1 fully saturated rings. The van der Waals surface area contributed by atoms with E-state index < -0.39 is 11.9 Å². The van der Waals surface area contributed by atoms with Gasteiger partial charge in [-0.3, -0.25) is 0 Å². The fourth-order valence-corrected chi connectivity index (χ4v) is 2.26. The van der Waals surface area contributed by atoms with Gasteiger partial charge in [0.2, 0.25) is 0 Å². The molecule has 0 saturated carbocycles.